The topological polar surface area (TPSA) is 47.6 Å². The number of aliphatic imine (C=N–C) groups is 1. The summed E-state index contributed by atoms with van der Waals surface area (Å²) < 4.78 is 18.9. The third-order valence-corrected chi connectivity index (χ3v) is 3.42. The van der Waals surface area contributed by atoms with E-state index in [0.717, 1.165) is 6.42 Å². The molecule has 2 rings (SSSR count). The fraction of sp³-hybridized carbons (Fsp3) is 0.462. The van der Waals surface area contributed by atoms with Gasteiger partial charge in [0.05, 0.1) is 6.04 Å². The Bertz CT molecular complexity index is 464. The maximum Gasteiger partial charge on any atom is 0.282 e. The first kappa shape index (κ1) is 13.1. The molecule has 2 N–H and O–H groups in total. The Balaban J connectivity index is 2.15. The zero-order valence-corrected chi connectivity index (χ0v) is 11.0. The fourth-order valence-electron chi connectivity index (χ4n) is 2.23. The van der Waals surface area contributed by atoms with Gasteiger partial charge in [-0.05, 0) is 42.5 Å². The van der Waals surface area contributed by atoms with Crippen LogP contribution in [0.5, 0.6) is 0 Å². The predicted molar refractivity (Wildman–Crippen MR) is 70.4 cm³/mol. The van der Waals surface area contributed by atoms with Crippen LogP contribution in [0.15, 0.2) is 23.2 Å². The molecule has 3 nitrogen and oxygen atoms in total. The summed E-state index contributed by atoms with van der Waals surface area (Å²) in [6.07, 6.45) is 1.54. The van der Waals surface area contributed by atoms with E-state index in [-0.39, 0.29) is 23.8 Å². The van der Waals surface area contributed by atoms with Crippen molar-refractivity contribution in [3.8, 4) is 0 Å². The molecule has 0 amide bonds. The first-order valence-corrected chi connectivity index (χ1v) is 6.39. The second kappa shape index (κ2) is 5.57. The Morgan fingerprint density at radius 1 is 1.61 bits per heavy atom. The van der Waals surface area contributed by atoms with Crippen molar-refractivity contribution in [2.24, 2.45) is 10.7 Å². The molecule has 5 heteroatoms. The lowest BCUT2D eigenvalue weighted by atomic mass is 9.90. The summed E-state index contributed by atoms with van der Waals surface area (Å²) >= 11 is 5.92. The smallest absolute Gasteiger partial charge is 0.282 e. The van der Waals surface area contributed by atoms with E-state index in [4.69, 9.17) is 22.1 Å². The number of ether oxygens (including phenoxy) is 1. The lowest BCUT2D eigenvalue weighted by Crippen LogP contribution is -2.13. The van der Waals surface area contributed by atoms with Crippen molar-refractivity contribution in [1.82, 2.24) is 0 Å². The number of hydrogen-bond donors (Lipinski definition) is 1. The van der Waals surface area contributed by atoms with Crippen LogP contribution in [-0.4, -0.2) is 18.7 Å². The summed E-state index contributed by atoms with van der Waals surface area (Å²) in [6.45, 7) is 2.50. The van der Waals surface area contributed by atoms with Crippen LogP contribution in [0.2, 0.25) is 5.02 Å². The molecule has 1 aromatic rings. The van der Waals surface area contributed by atoms with E-state index in [2.05, 4.69) is 4.99 Å². The monoisotopic (exact) mass is 270 g/mol. The van der Waals surface area contributed by atoms with Crippen LogP contribution >= 0.6 is 11.6 Å². The molecule has 1 aromatic carbocycles. The summed E-state index contributed by atoms with van der Waals surface area (Å²) in [5, 5.41) is 0.551. The number of nitrogens with zero attached hydrogens (tertiary/aromatic N) is 1. The van der Waals surface area contributed by atoms with Gasteiger partial charge in [-0.3, -0.25) is 0 Å². The second-order valence-corrected chi connectivity index (χ2v) is 4.88. The van der Waals surface area contributed by atoms with E-state index < -0.39 is 0 Å². The summed E-state index contributed by atoms with van der Waals surface area (Å²) in [5.41, 5.74) is 6.11. The van der Waals surface area contributed by atoms with Gasteiger partial charge in [-0.25, -0.2) is 9.38 Å². The Morgan fingerprint density at radius 2 is 2.39 bits per heavy atom. The SMILES string of the molecule is CCC(C[C@H]1COC(N)=N1)c1cc(Cl)ccc1F. The molecule has 0 spiro atoms. The van der Waals surface area contributed by atoms with Crippen LogP contribution in [0.25, 0.3) is 0 Å². The van der Waals surface area contributed by atoms with Gasteiger partial charge in [0.1, 0.15) is 12.4 Å². The van der Waals surface area contributed by atoms with Crippen molar-refractivity contribution in [3.05, 3.63) is 34.6 Å². The number of nitrogens with two attached hydrogens (primary N) is 1. The highest BCUT2D eigenvalue weighted by Crippen LogP contribution is 2.30. The lowest BCUT2D eigenvalue weighted by molar-refractivity contribution is 0.300. The molecular formula is C13H16ClFN2O. The van der Waals surface area contributed by atoms with Gasteiger partial charge in [-0.2, -0.15) is 0 Å². The average Bonchev–Trinajstić information content (AvgIpc) is 2.75. The second-order valence-electron chi connectivity index (χ2n) is 4.44. The van der Waals surface area contributed by atoms with Crippen LogP contribution in [-0.2, 0) is 4.74 Å². The maximum absolute atomic E-state index is 13.8. The Morgan fingerprint density at radius 3 is 3.00 bits per heavy atom. The van der Waals surface area contributed by atoms with E-state index in [1.165, 1.54) is 6.07 Å². The Labute approximate surface area is 111 Å². The maximum atomic E-state index is 13.8. The standard InChI is InChI=1S/C13H16ClFN2O/c1-2-8(5-10-7-18-13(16)17-10)11-6-9(14)3-4-12(11)15/h3-4,6,8,10H,2,5,7H2,1H3,(H2,16,17)/t8?,10-/m0/s1. The first-order valence-electron chi connectivity index (χ1n) is 6.01. The van der Waals surface area contributed by atoms with Gasteiger partial charge < -0.3 is 10.5 Å². The lowest BCUT2D eigenvalue weighted by Gasteiger charge is -2.18. The van der Waals surface area contributed by atoms with Crippen molar-refractivity contribution >= 4 is 17.6 Å². The van der Waals surface area contributed by atoms with Gasteiger partial charge in [-0.1, -0.05) is 18.5 Å². The van der Waals surface area contributed by atoms with Crippen molar-refractivity contribution in [3.63, 3.8) is 0 Å². The molecule has 0 aromatic heterocycles. The van der Waals surface area contributed by atoms with Crippen LogP contribution in [0.4, 0.5) is 4.39 Å². The van der Waals surface area contributed by atoms with Gasteiger partial charge in [0, 0.05) is 5.02 Å². The van der Waals surface area contributed by atoms with Crippen LogP contribution in [0, 0.1) is 5.82 Å². The largest absolute Gasteiger partial charge is 0.463 e. The molecule has 1 unspecified atom stereocenters. The van der Waals surface area contributed by atoms with Gasteiger partial charge in [-0.15, -0.1) is 0 Å². The molecule has 0 saturated heterocycles. The highest BCUT2D eigenvalue weighted by molar-refractivity contribution is 6.30. The molecular weight excluding hydrogens is 255 g/mol. The van der Waals surface area contributed by atoms with Crippen LogP contribution in [0.3, 0.4) is 0 Å². The van der Waals surface area contributed by atoms with Crippen LogP contribution < -0.4 is 5.73 Å². The molecule has 2 atom stereocenters. The minimum atomic E-state index is -0.220. The van der Waals surface area contributed by atoms with Crippen molar-refractivity contribution < 1.29 is 9.13 Å². The fourth-order valence-corrected chi connectivity index (χ4v) is 2.41. The molecule has 0 aliphatic carbocycles. The van der Waals surface area contributed by atoms with E-state index in [9.17, 15) is 4.39 Å². The van der Waals surface area contributed by atoms with E-state index >= 15 is 0 Å². The molecule has 98 valence electrons. The first-order chi connectivity index (χ1) is 8.60. The van der Waals surface area contributed by atoms with E-state index in [0.29, 0.717) is 23.6 Å². The molecule has 1 aliphatic rings. The summed E-state index contributed by atoms with van der Waals surface area (Å²) in [6, 6.07) is 4.88. The number of hydrogen-bond acceptors (Lipinski definition) is 3. The molecule has 18 heavy (non-hydrogen) atoms. The van der Waals surface area contributed by atoms with Crippen LogP contribution in [0.1, 0.15) is 31.2 Å². The van der Waals surface area contributed by atoms with Gasteiger partial charge >= 0.3 is 0 Å². The summed E-state index contributed by atoms with van der Waals surface area (Å²) in [4.78, 5) is 4.17. The molecule has 0 radical (unpaired) electrons. The highest BCUT2D eigenvalue weighted by atomic mass is 35.5. The summed E-state index contributed by atoms with van der Waals surface area (Å²) in [7, 11) is 0. The molecule has 0 saturated carbocycles. The Kier molecular flexibility index (Phi) is 4.07. The molecule has 0 bridgehead atoms. The Hall–Kier alpha value is -1.29. The zero-order chi connectivity index (χ0) is 13.1. The van der Waals surface area contributed by atoms with Crippen molar-refractivity contribution in [1.29, 1.82) is 0 Å². The number of halogens is 2. The van der Waals surface area contributed by atoms with Gasteiger partial charge in [0.15, 0.2) is 0 Å². The van der Waals surface area contributed by atoms with Gasteiger partial charge in [0.25, 0.3) is 6.02 Å². The molecule has 0 fully saturated rings. The van der Waals surface area contributed by atoms with Gasteiger partial charge in [0.2, 0.25) is 0 Å². The highest BCUT2D eigenvalue weighted by Gasteiger charge is 2.23. The predicted octanol–water partition coefficient (Wildman–Crippen LogP) is 3.08. The third kappa shape index (κ3) is 2.93. The van der Waals surface area contributed by atoms with E-state index in [1.54, 1.807) is 12.1 Å². The zero-order valence-electron chi connectivity index (χ0n) is 10.2. The summed E-state index contributed by atoms with van der Waals surface area (Å²) in [5.74, 6) is -0.144. The number of rotatable bonds is 4. The minimum absolute atomic E-state index is 0.00771. The van der Waals surface area contributed by atoms with Crippen molar-refractivity contribution in [2.75, 3.05) is 6.61 Å². The number of benzene rings is 1. The molecule has 1 heterocycles. The normalized spacial score (nSPS) is 20.4. The quantitative estimate of drug-likeness (QED) is 0.914. The third-order valence-electron chi connectivity index (χ3n) is 3.18. The van der Waals surface area contributed by atoms with E-state index in [1.807, 2.05) is 6.92 Å². The van der Waals surface area contributed by atoms with Crippen molar-refractivity contribution in [2.45, 2.75) is 31.7 Å². The minimum Gasteiger partial charge on any atom is -0.463 e. The number of amidine groups is 1. The average molecular weight is 271 g/mol. The molecule has 1 aliphatic heterocycles.